The maximum absolute atomic E-state index is 5.76. The lowest BCUT2D eigenvalue weighted by Gasteiger charge is -2.07. The van der Waals surface area contributed by atoms with Gasteiger partial charge in [-0.2, -0.15) is 0 Å². The third-order valence-corrected chi connectivity index (χ3v) is 2.05. The number of ether oxygens (including phenoxy) is 1. The smallest absolute Gasteiger partial charge is 0.142 e. The Balaban J connectivity index is 2.07. The summed E-state index contributed by atoms with van der Waals surface area (Å²) in [5.41, 5.74) is 8.40. The van der Waals surface area contributed by atoms with E-state index in [9.17, 15) is 0 Å². The summed E-state index contributed by atoms with van der Waals surface area (Å²) in [6.07, 6.45) is 3.16. The first kappa shape index (κ1) is 9.58. The van der Waals surface area contributed by atoms with Crippen LogP contribution in [0.4, 0.5) is 5.69 Å². The number of hydrogen-bond acceptors (Lipinski definition) is 4. The van der Waals surface area contributed by atoms with Gasteiger partial charge in [-0.3, -0.25) is 0 Å². The van der Waals surface area contributed by atoms with E-state index in [1.807, 2.05) is 25.1 Å². The highest BCUT2D eigenvalue weighted by Gasteiger charge is 2.02. The molecule has 15 heavy (non-hydrogen) atoms. The van der Waals surface area contributed by atoms with Crippen LogP contribution in [-0.4, -0.2) is 5.16 Å². The summed E-state index contributed by atoms with van der Waals surface area (Å²) in [7, 11) is 0. The molecule has 2 aromatic rings. The standard InChI is InChI=1S/C11H12N2O2/c1-8-2-3-10(12)11(4-8)14-6-9-5-13-15-7-9/h2-5,7H,6,12H2,1H3. The Hall–Kier alpha value is -1.97. The van der Waals surface area contributed by atoms with Crippen LogP contribution in [0.15, 0.2) is 35.2 Å². The third kappa shape index (κ3) is 2.28. The second-order valence-corrected chi connectivity index (χ2v) is 3.36. The Labute approximate surface area is 87.6 Å². The molecule has 2 N–H and O–H groups in total. The number of nitrogens with zero attached hydrogens (tertiary/aromatic N) is 1. The monoisotopic (exact) mass is 204 g/mol. The number of benzene rings is 1. The Morgan fingerprint density at radius 3 is 3.07 bits per heavy atom. The van der Waals surface area contributed by atoms with E-state index in [2.05, 4.69) is 5.16 Å². The van der Waals surface area contributed by atoms with Crippen molar-refractivity contribution in [1.29, 1.82) is 0 Å². The molecule has 0 unspecified atom stereocenters. The SMILES string of the molecule is Cc1ccc(N)c(OCc2cnoc2)c1. The summed E-state index contributed by atoms with van der Waals surface area (Å²) in [4.78, 5) is 0. The minimum absolute atomic E-state index is 0.414. The Bertz CT molecular complexity index is 438. The number of nitrogens with two attached hydrogens (primary N) is 1. The van der Waals surface area contributed by atoms with Crippen molar-refractivity contribution in [3.05, 3.63) is 41.8 Å². The fourth-order valence-electron chi connectivity index (χ4n) is 1.23. The van der Waals surface area contributed by atoms with E-state index in [-0.39, 0.29) is 0 Å². The topological polar surface area (TPSA) is 61.3 Å². The normalized spacial score (nSPS) is 10.2. The molecular formula is C11H12N2O2. The summed E-state index contributed by atoms with van der Waals surface area (Å²) in [6, 6.07) is 5.68. The van der Waals surface area contributed by atoms with Crippen LogP contribution >= 0.6 is 0 Å². The molecule has 1 aromatic carbocycles. The Morgan fingerprint density at radius 2 is 2.33 bits per heavy atom. The first-order chi connectivity index (χ1) is 7.25. The van der Waals surface area contributed by atoms with Gasteiger partial charge in [-0.25, -0.2) is 0 Å². The van der Waals surface area contributed by atoms with E-state index in [4.69, 9.17) is 15.0 Å². The van der Waals surface area contributed by atoms with Crippen LogP contribution in [0.25, 0.3) is 0 Å². The van der Waals surface area contributed by atoms with Gasteiger partial charge in [0.25, 0.3) is 0 Å². The van der Waals surface area contributed by atoms with Crippen LogP contribution in [0.2, 0.25) is 0 Å². The summed E-state index contributed by atoms with van der Waals surface area (Å²) in [5, 5.41) is 3.59. The second-order valence-electron chi connectivity index (χ2n) is 3.36. The molecule has 0 saturated heterocycles. The van der Waals surface area contributed by atoms with Gasteiger partial charge in [0.05, 0.1) is 11.9 Å². The fourth-order valence-corrected chi connectivity index (χ4v) is 1.23. The first-order valence-corrected chi connectivity index (χ1v) is 4.63. The van der Waals surface area contributed by atoms with E-state index in [1.165, 1.54) is 0 Å². The van der Waals surface area contributed by atoms with E-state index in [0.29, 0.717) is 18.0 Å². The summed E-state index contributed by atoms with van der Waals surface area (Å²) >= 11 is 0. The van der Waals surface area contributed by atoms with Crippen molar-refractivity contribution in [3.8, 4) is 5.75 Å². The minimum atomic E-state index is 0.414. The van der Waals surface area contributed by atoms with Crippen molar-refractivity contribution in [3.63, 3.8) is 0 Å². The maximum atomic E-state index is 5.76. The summed E-state index contributed by atoms with van der Waals surface area (Å²) in [6.45, 7) is 2.41. The molecule has 0 aliphatic rings. The highest BCUT2D eigenvalue weighted by atomic mass is 16.5. The molecule has 0 saturated carbocycles. The lowest BCUT2D eigenvalue weighted by molar-refractivity contribution is 0.306. The van der Waals surface area contributed by atoms with Crippen LogP contribution in [0.3, 0.4) is 0 Å². The maximum Gasteiger partial charge on any atom is 0.142 e. The molecule has 0 radical (unpaired) electrons. The van der Waals surface area contributed by atoms with Crippen molar-refractivity contribution < 1.29 is 9.26 Å². The predicted molar refractivity (Wildman–Crippen MR) is 56.4 cm³/mol. The van der Waals surface area contributed by atoms with Crippen LogP contribution < -0.4 is 10.5 Å². The van der Waals surface area contributed by atoms with E-state index < -0.39 is 0 Å². The highest BCUT2D eigenvalue weighted by Crippen LogP contribution is 2.23. The molecule has 2 rings (SSSR count). The summed E-state index contributed by atoms with van der Waals surface area (Å²) < 4.78 is 10.2. The van der Waals surface area contributed by atoms with Gasteiger partial charge in [-0.15, -0.1) is 0 Å². The number of hydrogen-bond donors (Lipinski definition) is 1. The van der Waals surface area contributed by atoms with Gasteiger partial charge >= 0.3 is 0 Å². The van der Waals surface area contributed by atoms with Crippen molar-refractivity contribution in [2.45, 2.75) is 13.5 Å². The average molecular weight is 204 g/mol. The molecule has 0 spiro atoms. The number of anilines is 1. The Kier molecular flexibility index (Phi) is 2.58. The zero-order chi connectivity index (χ0) is 10.7. The molecule has 4 heteroatoms. The fraction of sp³-hybridized carbons (Fsp3) is 0.182. The highest BCUT2D eigenvalue weighted by molar-refractivity contribution is 5.53. The van der Waals surface area contributed by atoms with E-state index in [1.54, 1.807) is 12.5 Å². The van der Waals surface area contributed by atoms with Gasteiger partial charge in [-0.05, 0) is 24.6 Å². The predicted octanol–water partition coefficient (Wildman–Crippen LogP) is 2.14. The molecule has 78 valence electrons. The zero-order valence-corrected chi connectivity index (χ0v) is 8.43. The van der Waals surface area contributed by atoms with Crippen molar-refractivity contribution in [2.24, 2.45) is 0 Å². The number of nitrogen functional groups attached to an aromatic ring is 1. The van der Waals surface area contributed by atoms with Crippen LogP contribution in [0.1, 0.15) is 11.1 Å². The number of rotatable bonds is 3. The number of aryl methyl sites for hydroxylation is 1. The van der Waals surface area contributed by atoms with Crippen LogP contribution in [-0.2, 0) is 6.61 Å². The van der Waals surface area contributed by atoms with Crippen LogP contribution in [0.5, 0.6) is 5.75 Å². The Morgan fingerprint density at radius 1 is 1.47 bits per heavy atom. The van der Waals surface area contributed by atoms with Gasteiger partial charge in [-0.1, -0.05) is 11.2 Å². The molecule has 4 nitrogen and oxygen atoms in total. The number of aromatic nitrogens is 1. The van der Waals surface area contributed by atoms with Gasteiger partial charge in [0.2, 0.25) is 0 Å². The lowest BCUT2D eigenvalue weighted by atomic mass is 10.2. The summed E-state index contributed by atoms with van der Waals surface area (Å²) in [5.74, 6) is 0.691. The van der Waals surface area contributed by atoms with Gasteiger partial charge in [0.15, 0.2) is 0 Å². The molecule has 0 aliphatic heterocycles. The van der Waals surface area contributed by atoms with Crippen molar-refractivity contribution in [2.75, 3.05) is 5.73 Å². The molecule has 1 heterocycles. The second kappa shape index (κ2) is 4.04. The van der Waals surface area contributed by atoms with Gasteiger partial charge in [0.1, 0.15) is 18.6 Å². The lowest BCUT2D eigenvalue weighted by Crippen LogP contribution is -1.98. The molecular weight excluding hydrogens is 192 g/mol. The zero-order valence-electron chi connectivity index (χ0n) is 8.43. The van der Waals surface area contributed by atoms with Gasteiger partial charge < -0.3 is 15.0 Å². The molecule has 0 atom stereocenters. The molecule has 0 aliphatic carbocycles. The van der Waals surface area contributed by atoms with E-state index in [0.717, 1.165) is 11.1 Å². The van der Waals surface area contributed by atoms with Crippen molar-refractivity contribution >= 4 is 5.69 Å². The average Bonchev–Trinajstić information content (AvgIpc) is 2.72. The molecule has 0 bridgehead atoms. The quantitative estimate of drug-likeness (QED) is 0.778. The first-order valence-electron chi connectivity index (χ1n) is 4.63. The molecule has 0 amide bonds. The van der Waals surface area contributed by atoms with Gasteiger partial charge in [0, 0.05) is 5.56 Å². The van der Waals surface area contributed by atoms with Crippen molar-refractivity contribution in [1.82, 2.24) is 5.16 Å². The largest absolute Gasteiger partial charge is 0.487 e. The third-order valence-electron chi connectivity index (χ3n) is 2.05. The molecule has 1 aromatic heterocycles. The minimum Gasteiger partial charge on any atom is -0.487 e. The van der Waals surface area contributed by atoms with E-state index >= 15 is 0 Å². The molecule has 0 fully saturated rings. The van der Waals surface area contributed by atoms with Crippen LogP contribution in [0, 0.1) is 6.92 Å².